The summed E-state index contributed by atoms with van der Waals surface area (Å²) in [6, 6.07) is 9.29. The summed E-state index contributed by atoms with van der Waals surface area (Å²) in [6.07, 6.45) is 0. The molecule has 2 aromatic rings. The fourth-order valence-electron chi connectivity index (χ4n) is 2.16. The van der Waals surface area contributed by atoms with Crippen LogP contribution in [0.3, 0.4) is 0 Å². The molecule has 0 spiro atoms. The zero-order valence-electron chi connectivity index (χ0n) is 14.4. The first-order valence-corrected chi connectivity index (χ1v) is 8.84. The molecule has 2 atom stereocenters. The summed E-state index contributed by atoms with van der Waals surface area (Å²) < 4.78 is 5.07. The number of rotatable bonds is 8. The maximum absolute atomic E-state index is 12.3. The van der Waals surface area contributed by atoms with Gasteiger partial charge in [0.05, 0.1) is 10.9 Å². The number of hydrogen-bond acceptors (Lipinski definition) is 5. The van der Waals surface area contributed by atoms with Gasteiger partial charge in [0.1, 0.15) is 11.8 Å². The van der Waals surface area contributed by atoms with Gasteiger partial charge in [-0.05, 0) is 43.0 Å². The zero-order valence-corrected chi connectivity index (χ0v) is 15.2. The van der Waals surface area contributed by atoms with Crippen LogP contribution in [0, 0.1) is 0 Å². The Hall–Kier alpha value is -2.87. The van der Waals surface area contributed by atoms with Gasteiger partial charge >= 0.3 is 5.97 Å². The topological polar surface area (TPSA) is 105 Å². The Bertz CT molecular complexity index is 758. The van der Waals surface area contributed by atoms with E-state index in [0.29, 0.717) is 10.6 Å². The van der Waals surface area contributed by atoms with E-state index in [-0.39, 0.29) is 17.9 Å². The Labute approximate surface area is 155 Å². The van der Waals surface area contributed by atoms with Crippen molar-refractivity contribution >= 4 is 29.1 Å². The maximum atomic E-state index is 12.3. The third-order valence-electron chi connectivity index (χ3n) is 3.59. The molecule has 0 aliphatic carbocycles. The molecule has 2 rings (SSSR count). The molecule has 0 bridgehead atoms. The minimum atomic E-state index is -1.05. The predicted octanol–water partition coefficient (Wildman–Crippen LogP) is 2.21. The third-order valence-corrected chi connectivity index (χ3v) is 4.46. The molecule has 1 heterocycles. The molecule has 138 valence electrons. The minimum Gasteiger partial charge on any atom is -0.482 e. The van der Waals surface area contributed by atoms with E-state index in [9.17, 15) is 14.4 Å². The van der Waals surface area contributed by atoms with Gasteiger partial charge in [-0.15, -0.1) is 11.3 Å². The van der Waals surface area contributed by atoms with E-state index in [1.54, 1.807) is 48.7 Å². The minimum absolute atomic E-state index is 0.280. The number of carbonyl (C=O) groups is 3. The highest BCUT2D eigenvalue weighted by Crippen LogP contribution is 2.18. The van der Waals surface area contributed by atoms with Crippen LogP contribution in [0.1, 0.15) is 35.1 Å². The number of carboxylic acid groups (broad SMARTS) is 1. The summed E-state index contributed by atoms with van der Waals surface area (Å²) in [7, 11) is 0. The van der Waals surface area contributed by atoms with Crippen LogP contribution in [0.25, 0.3) is 0 Å². The van der Waals surface area contributed by atoms with E-state index in [2.05, 4.69) is 10.6 Å². The van der Waals surface area contributed by atoms with Crippen molar-refractivity contribution in [1.82, 2.24) is 10.6 Å². The predicted molar refractivity (Wildman–Crippen MR) is 97.4 cm³/mol. The molecule has 7 nitrogen and oxygen atoms in total. The Balaban J connectivity index is 1.87. The Morgan fingerprint density at radius 2 is 1.81 bits per heavy atom. The summed E-state index contributed by atoms with van der Waals surface area (Å²) in [5.41, 5.74) is 0.831. The molecule has 1 aromatic carbocycles. The number of ether oxygens (including phenoxy) is 1. The van der Waals surface area contributed by atoms with Gasteiger partial charge in [-0.3, -0.25) is 9.59 Å². The van der Waals surface area contributed by atoms with E-state index >= 15 is 0 Å². The standard InChI is InChI=1S/C18H20N2O5S/c1-11(13-5-7-14(8-6-13)25-10-16(21)22)19-17(23)12(2)20-18(24)15-4-3-9-26-15/h3-9,11-12H,10H2,1-2H3,(H,19,23)(H,20,24)(H,21,22). The van der Waals surface area contributed by atoms with Crippen LogP contribution in [0.5, 0.6) is 5.75 Å². The molecule has 0 radical (unpaired) electrons. The third kappa shape index (κ3) is 5.59. The van der Waals surface area contributed by atoms with Crippen molar-refractivity contribution in [3.05, 3.63) is 52.2 Å². The van der Waals surface area contributed by atoms with E-state index in [1.807, 2.05) is 6.92 Å². The lowest BCUT2D eigenvalue weighted by atomic mass is 10.1. The average Bonchev–Trinajstić information content (AvgIpc) is 3.15. The van der Waals surface area contributed by atoms with Gasteiger partial charge in [-0.2, -0.15) is 0 Å². The molecule has 26 heavy (non-hydrogen) atoms. The lowest BCUT2D eigenvalue weighted by molar-refractivity contribution is -0.139. The number of amides is 2. The number of hydrogen-bond donors (Lipinski definition) is 3. The molecule has 1 aromatic heterocycles. The van der Waals surface area contributed by atoms with E-state index in [0.717, 1.165) is 5.56 Å². The summed E-state index contributed by atoms with van der Waals surface area (Å²) in [6.45, 7) is 3.03. The van der Waals surface area contributed by atoms with Gasteiger partial charge in [0, 0.05) is 0 Å². The second-order valence-corrected chi connectivity index (χ2v) is 6.60. The fraction of sp³-hybridized carbons (Fsp3) is 0.278. The highest BCUT2D eigenvalue weighted by molar-refractivity contribution is 7.12. The molecule has 0 saturated carbocycles. The van der Waals surface area contributed by atoms with Crippen LogP contribution in [0.4, 0.5) is 0 Å². The molecular formula is C18H20N2O5S. The SMILES string of the molecule is CC(NC(=O)c1cccs1)C(=O)NC(C)c1ccc(OCC(=O)O)cc1. The summed E-state index contributed by atoms with van der Waals surface area (Å²) in [5, 5.41) is 15.9. The van der Waals surface area contributed by atoms with Crippen LogP contribution >= 0.6 is 11.3 Å². The first kappa shape index (κ1) is 19.5. The van der Waals surface area contributed by atoms with Crippen molar-refractivity contribution in [2.24, 2.45) is 0 Å². The number of carbonyl (C=O) groups excluding carboxylic acids is 2. The summed E-state index contributed by atoms with van der Waals surface area (Å²) >= 11 is 1.31. The van der Waals surface area contributed by atoms with Crippen molar-refractivity contribution in [2.45, 2.75) is 25.9 Å². The first-order valence-electron chi connectivity index (χ1n) is 7.96. The maximum Gasteiger partial charge on any atom is 0.341 e. The molecule has 0 aliphatic heterocycles. The smallest absolute Gasteiger partial charge is 0.341 e. The molecule has 8 heteroatoms. The summed E-state index contributed by atoms with van der Waals surface area (Å²) in [5.74, 6) is -1.19. The molecule has 0 fully saturated rings. The van der Waals surface area contributed by atoms with E-state index in [1.165, 1.54) is 11.3 Å². The number of thiophene rings is 1. The van der Waals surface area contributed by atoms with Gasteiger partial charge in [-0.25, -0.2) is 4.79 Å². The van der Waals surface area contributed by atoms with Gasteiger partial charge < -0.3 is 20.5 Å². The lowest BCUT2D eigenvalue weighted by Gasteiger charge is -2.19. The fourth-order valence-corrected chi connectivity index (χ4v) is 2.79. The first-order chi connectivity index (χ1) is 12.4. The normalized spacial score (nSPS) is 12.7. The van der Waals surface area contributed by atoms with Gasteiger partial charge in [0.2, 0.25) is 5.91 Å². The molecule has 2 amide bonds. The number of nitrogens with one attached hydrogen (secondary N) is 2. The zero-order chi connectivity index (χ0) is 19.1. The number of carboxylic acids is 1. The van der Waals surface area contributed by atoms with E-state index < -0.39 is 18.6 Å². The molecule has 0 aliphatic rings. The Morgan fingerprint density at radius 1 is 1.12 bits per heavy atom. The van der Waals surface area contributed by atoms with Gasteiger partial charge in [0.25, 0.3) is 5.91 Å². The van der Waals surface area contributed by atoms with Gasteiger partial charge in [0.15, 0.2) is 6.61 Å². The summed E-state index contributed by atoms with van der Waals surface area (Å²) in [4.78, 5) is 35.3. The van der Waals surface area contributed by atoms with Crippen LogP contribution < -0.4 is 15.4 Å². The number of benzene rings is 1. The molecule has 2 unspecified atom stereocenters. The van der Waals surface area contributed by atoms with Crippen molar-refractivity contribution in [2.75, 3.05) is 6.61 Å². The second-order valence-electron chi connectivity index (χ2n) is 5.65. The largest absolute Gasteiger partial charge is 0.482 e. The molecule has 0 saturated heterocycles. The van der Waals surface area contributed by atoms with Crippen LogP contribution in [0.2, 0.25) is 0 Å². The highest BCUT2D eigenvalue weighted by atomic mass is 32.1. The number of aliphatic carboxylic acids is 1. The van der Waals surface area contributed by atoms with Crippen molar-refractivity contribution in [1.29, 1.82) is 0 Å². The van der Waals surface area contributed by atoms with Crippen molar-refractivity contribution in [3.63, 3.8) is 0 Å². The van der Waals surface area contributed by atoms with Crippen molar-refractivity contribution < 1.29 is 24.2 Å². The lowest BCUT2D eigenvalue weighted by Crippen LogP contribution is -2.45. The van der Waals surface area contributed by atoms with E-state index in [4.69, 9.17) is 9.84 Å². The molecular weight excluding hydrogens is 356 g/mol. The van der Waals surface area contributed by atoms with Gasteiger partial charge in [-0.1, -0.05) is 18.2 Å². The molecule has 3 N–H and O–H groups in total. The highest BCUT2D eigenvalue weighted by Gasteiger charge is 2.19. The quantitative estimate of drug-likeness (QED) is 0.655. The second kappa shape index (κ2) is 9.00. The van der Waals surface area contributed by atoms with Crippen LogP contribution in [-0.4, -0.2) is 35.5 Å². The monoisotopic (exact) mass is 376 g/mol. The Morgan fingerprint density at radius 3 is 2.38 bits per heavy atom. The van der Waals surface area contributed by atoms with Crippen molar-refractivity contribution in [3.8, 4) is 5.75 Å². The Kier molecular flexibility index (Phi) is 6.74. The average molecular weight is 376 g/mol. The van der Waals surface area contributed by atoms with Crippen LogP contribution in [-0.2, 0) is 9.59 Å². The van der Waals surface area contributed by atoms with Crippen LogP contribution in [0.15, 0.2) is 41.8 Å².